The first-order chi connectivity index (χ1) is 15.6. The summed E-state index contributed by atoms with van der Waals surface area (Å²) >= 11 is 0. The molecule has 1 aliphatic carbocycles. The van der Waals surface area contributed by atoms with E-state index in [0.717, 1.165) is 81.6 Å². The van der Waals surface area contributed by atoms with Gasteiger partial charge in [-0.05, 0) is 62.6 Å². The fourth-order valence-electron chi connectivity index (χ4n) is 4.63. The molecule has 1 amide bonds. The predicted molar refractivity (Wildman–Crippen MR) is 122 cm³/mol. The normalized spacial score (nSPS) is 19.0. The topological polar surface area (TPSA) is 74.0 Å². The quantitative estimate of drug-likeness (QED) is 0.534. The number of hydrogen-bond donors (Lipinski definition) is 0. The average molecular weight is 435 g/mol. The van der Waals surface area contributed by atoms with E-state index in [1.165, 1.54) is 11.0 Å². The number of amides is 1. The minimum absolute atomic E-state index is 0.0908. The molecule has 0 bridgehead atoms. The summed E-state index contributed by atoms with van der Waals surface area (Å²) in [5.74, 6) is 0.977. The molecule has 8 nitrogen and oxygen atoms in total. The van der Waals surface area contributed by atoms with Crippen LogP contribution in [0.25, 0.3) is 0 Å². The van der Waals surface area contributed by atoms with Crippen LogP contribution in [0.1, 0.15) is 54.4 Å². The molecule has 2 fully saturated rings. The molecule has 0 spiro atoms. The third-order valence-electron chi connectivity index (χ3n) is 6.62. The first-order valence-corrected chi connectivity index (χ1v) is 11.6. The maximum Gasteiger partial charge on any atom is 0.255 e. The maximum absolute atomic E-state index is 12.9. The van der Waals surface area contributed by atoms with Crippen LogP contribution in [0, 0.1) is 0 Å². The lowest BCUT2D eigenvalue weighted by atomic mass is 10.0. The number of aromatic nitrogens is 2. The highest BCUT2D eigenvalue weighted by molar-refractivity contribution is 5.94. The largest absolute Gasteiger partial charge is 0.339 e. The van der Waals surface area contributed by atoms with Gasteiger partial charge in [0.15, 0.2) is 5.49 Å². The number of pyridine rings is 2. The highest BCUT2D eigenvalue weighted by Crippen LogP contribution is 2.32. The van der Waals surface area contributed by atoms with E-state index in [1.54, 1.807) is 12.4 Å². The lowest BCUT2D eigenvalue weighted by molar-refractivity contribution is 0.0724. The lowest BCUT2D eigenvalue weighted by Crippen LogP contribution is -2.36. The SMILES string of the molecule is CN(/N=c1/cc(N2CCCc3cc(C(=O)N4CCCCC4)cnc32)ccn1C=O)C1CC1. The zero-order valence-electron chi connectivity index (χ0n) is 18.6. The van der Waals surface area contributed by atoms with Gasteiger partial charge in [0.05, 0.1) is 5.56 Å². The van der Waals surface area contributed by atoms with Crippen LogP contribution in [-0.4, -0.2) is 64.5 Å². The molecular weight excluding hydrogens is 404 g/mol. The van der Waals surface area contributed by atoms with Gasteiger partial charge in [0.25, 0.3) is 5.91 Å². The molecule has 168 valence electrons. The van der Waals surface area contributed by atoms with Gasteiger partial charge in [-0.2, -0.15) is 5.10 Å². The Morgan fingerprint density at radius 1 is 1.16 bits per heavy atom. The van der Waals surface area contributed by atoms with Crippen LogP contribution in [0.4, 0.5) is 11.5 Å². The standard InChI is InChI=1S/C24H30N6O2/c1-27(20-7-8-20)26-22-15-21(9-13-29(22)17-31)30-12-5-6-18-14-19(16-25-23(18)30)24(32)28-10-3-2-4-11-28/h9,13-17,20H,2-8,10-12H2,1H3/b26-22-. The summed E-state index contributed by atoms with van der Waals surface area (Å²) in [7, 11) is 1.96. The number of anilines is 2. The summed E-state index contributed by atoms with van der Waals surface area (Å²) in [6, 6.07) is 6.35. The minimum Gasteiger partial charge on any atom is -0.339 e. The van der Waals surface area contributed by atoms with Crippen molar-refractivity contribution in [2.75, 3.05) is 31.6 Å². The van der Waals surface area contributed by atoms with Gasteiger partial charge in [0, 0.05) is 56.9 Å². The lowest BCUT2D eigenvalue weighted by Gasteiger charge is -2.31. The maximum atomic E-state index is 12.9. The van der Waals surface area contributed by atoms with E-state index in [4.69, 9.17) is 4.98 Å². The molecule has 2 aromatic rings. The number of piperidine rings is 1. The fourth-order valence-corrected chi connectivity index (χ4v) is 4.63. The van der Waals surface area contributed by atoms with Crippen LogP contribution in [-0.2, 0) is 11.2 Å². The van der Waals surface area contributed by atoms with Crippen molar-refractivity contribution in [1.82, 2.24) is 19.5 Å². The summed E-state index contributed by atoms with van der Waals surface area (Å²) in [6.07, 6.45) is 11.8. The number of fused-ring (bicyclic) bond motifs is 1. The van der Waals surface area contributed by atoms with Gasteiger partial charge in [0.2, 0.25) is 6.41 Å². The van der Waals surface area contributed by atoms with Crippen molar-refractivity contribution in [2.24, 2.45) is 5.10 Å². The molecule has 0 atom stereocenters. The van der Waals surface area contributed by atoms with Crippen molar-refractivity contribution < 1.29 is 9.59 Å². The highest BCUT2D eigenvalue weighted by Gasteiger charge is 2.26. The van der Waals surface area contributed by atoms with Crippen molar-refractivity contribution in [3.8, 4) is 0 Å². The Kier molecular flexibility index (Phi) is 5.68. The van der Waals surface area contributed by atoms with Gasteiger partial charge in [-0.15, -0.1) is 0 Å². The second kappa shape index (κ2) is 8.76. The number of aryl methyl sites for hydroxylation is 1. The van der Waals surface area contributed by atoms with Gasteiger partial charge in [-0.1, -0.05) is 0 Å². The van der Waals surface area contributed by atoms with Crippen molar-refractivity contribution in [2.45, 2.75) is 51.0 Å². The number of nitrogens with zero attached hydrogens (tertiary/aromatic N) is 6. The Morgan fingerprint density at radius 3 is 2.72 bits per heavy atom. The van der Waals surface area contributed by atoms with Crippen molar-refractivity contribution in [3.63, 3.8) is 0 Å². The minimum atomic E-state index is 0.0908. The van der Waals surface area contributed by atoms with Crippen LogP contribution < -0.4 is 10.4 Å². The summed E-state index contributed by atoms with van der Waals surface area (Å²) in [5.41, 5.74) is 3.34. The molecule has 3 aliphatic rings. The van der Waals surface area contributed by atoms with E-state index in [1.807, 2.05) is 35.2 Å². The molecule has 0 aromatic carbocycles. The second-order valence-corrected chi connectivity index (χ2v) is 8.98. The van der Waals surface area contributed by atoms with Crippen LogP contribution in [0.15, 0.2) is 35.7 Å². The molecule has 0 radical (unpaired) electrons. The zero-order valence-corrected chi connectivity index (χ0v) is 18.6. The van der Waals surface area contributed by atoms with Crippen LogP contribution in [0.2, 0.25) is 0 Å². The third-order valence-corrected chi connectivity index (χ3v) is 6.62. The van der Waals surface area contributed by atoms with Crippen molar-refractivity contribution in [3.05, 3.63) is 47.2 Å². The molecule has 2 aromatic heterocycles. The Labute approximate surface area is 188 Å². The zero-order chi connectivity index (χ0) is 22.1. The van der Waals surface area contributed by atoms with E-state index in [-0.39, 0.29) is 5.91 Å². The molecule has 32 heavy (non-hydrogen) atoms. The van der Waals surface area contributed by atoms with Crippen LogP contribution in [0.3, 0.4) is 0 Å². The van der Waals surface area contributed by atoms with Crippen LogP contribution in [0.5, 0.6) is 0 Å². The molecular formula is C24H30N6O2. The molecule has 4 heterocycles. The number of likely N-dealkylation sites (tertiary alicyclic amines) is 1. The summed E-state index contributed by atoms with van der Waals surface area (Å²) < 4.78 is 1.50. The smallest absolute Gasteiger partial charge is 0.255 e. The van der Waals surface area contributed by atoms with Gasteiger partial charge in [-0.25, -0.2) is 4.98 Å². The third kappa shape index (κ3) is 4.13. The summed E-state index contributed by atoms with van der Waals surface area (Å²) in [5, 5.41) is 6.60. The van der Waals surface area contributed by atoms with Crippen LogP contribution >= 0.6 is 0 Å². The highest BCUT2D eigenvalue weighted by atomic mass is 16.2. The van der Waals surface area contributed by atoms with Gasteiger partial charge in [0.1, 0.15) is 5.82 Å². The number of rotatable bonds is 5. The first kappa shape index (κ1) is 20.7. The number of hydrogen-bond acceptors (Lipinski definition) is 6. The van der Waals surface area contributed by atoms with Gasteiger partial charge < -0.3 is 9.80 Å². The fraction of sp³-hybridized carbons (Fsp3) is 0.500. The summed E-state index contributed by atoms with van der Waals surface area (Å²) in [6.45, 7) is 2.51. The molecule has 5 rings (SSSR count). The van der Waals surface area contributed by atoms with E-state index in [2.05, 4.69) is 10.0 Å². The molecule has 0 unspecified atom stereocenters. The van der Waals surface area contributed by atoms with Crippen molar-refractivity contribution >= 4 is 23.8 Å². The number of carbonyl (C=O) groups is 2. The summed E-state index contributed by atoms with van der Waals surface area (Å²) in [4.78, 5) is 33.3. The van der Waals surface area contributed by atoms with Crippen molar-refractivity contribution in [1.29, 1.82) is 0 Å². The van der Waals surface area contributed by atoms with E-state index < -0.39 is 0 Å². The van der Waals surface area contributed by atoms with E-state index in [9.17, 15) is 9.59 Å². The molecule has 1 saturated carbocycles. The first-order valence-electron chi connectivity index (χ1n) is 11.6. The number of carbonyl (C=O) groups excluding carboxylic acids is 2. The Bertz CT molecular complexity index is 1080. The van der Waals surface area contributed by atoms with Gasteiger partial charge in [-0.3, -0.25) is 19.2 Å². The average Bonchev–Trinajstić information content (AvgIpc) is 3.69. The Balaban J connectivity index is 1.45. The molecule has 0 N–H and O–H groups in total. The molecule has 1 saturated heterocycles. The second-order valence-electron chi connectivity index (χ2n) is 8.98. The van der Waals surface area contributed by atoms with Gasteiger partial charge >= 0.3 is 0 Å². The molecule has 8 heteroatoms. The monoisotopic (exact) mass is 434 g/mol. The molecule has 2 aliphatic heterocycles. The van der Waals surface area contributed by atoms with E-state index in [0.29, 0.717) is 17.1 Å². The predicted octanol–water partition coefficient (Wildman–Crippen LogP) is 2.54. The Morgan fingerprint density at radius 2 is 1.97 bits per heavy atom. The van der Waals surface area contributed by atoms with E-state index >= 15 is 0 Å². The Hall–Kier alpha value is -3.16.